The number of aryl methyl sites for hydroxylation is 1. The van der Waals surface area contributed by atoms with Crippen LogP contribution in [0.2, 0.25) is 0 Å². The fourth-order valence-corrected chi connectivity index (χ4v) is 2.16. The summed E-state index contributed by atoms with van der Waals surface area (Å²) in [6, 6.07) is 7.44. The van der Waals surface area contributed by atoms with Gasteiger partial charge in [0, 0.05) is 35.4 Å². The summed E-state index contributed by atoms with van der Waals surface area (Å²) in [5.41, 5.74) is 1.84. The van der Waals surface area contributed by atoms with E-state index in [0.29, 0.717) is 6.54 Å². The van der Waals surface area contributed by atoms with Gasteiger partial charge in [-0.3, -0.25) is 14.4 Å². The predicted molar refractivity (Wildman–Crippen MR) is 78.0 cm³/mol. The maximum Gasteiger partial charge on any atom is 0.176 e. The molecule has 0 atom stereocenters. The van der Waals surface area contributed by atoms with Gasteiger partial charge in [-0.05, 0) is 19.2 Å². The number of nitrogens with zero attached hydrogens (tertiary/aromatic N) is 3. The number of ketones is 1. The van der Waals surface area contributed by atoms with Crippen LogP contribution in [0.5, 0.6) is 0 Å². The van der Waals surface area contributed by atoms with Crippen LogP contribution in [0.4, 0.5) is 0 Å². The molecule has 0 saturated heterocycles. The highest BCUT2D eigenvalue weighted by Crippen LogP contribution is 2.11. The molecule has 0 aliphatic carbocycles. The Hall–Kier alpha value is -1.46. The van der Waals surface area contributed by atoms with Gasteiger partial charge >= 0.3 is 0 Å². The van der Waals surface area contributed by atoms with Gasteiger partial charge < -0.3 is 0 Å². The van der Waals surface area contributed by atoms with Crippen molar-refractivity contribution in [3.63, 3.8) is 0 Å². The topological polar surface area (TPSA) is 38.1 Å². The molecule has 0 radical (unpaired) electrons. The molecular formula is C14H16BrN3O. The molecule has 100 valence electrons. The van der Waals surface area contributed by atoms with Crippen molar-refractivity contribution in [1.82, 2.24) is 14.7 Å². The van der Waals surface area contributed by atoms with Crippen molar-refractivity contribution < 1.29 is 4.79 Å². The van der Waals surface area contributed by atoms with Crippen molar-refractivity contribution in [3.8, 4) is 0 Å². The average molecular weight is 322 g/mol. The zero-order valence-electron chi connectivity index (χ0n) is 11.0. The first-order valence-electron chi connectivity index (χ1n) is 5.99. The quantitative estimate of drug-likeness (QED) is 0.794. The first-order chi connectivity index (χ1) is 9.04. The first-order valence-corrected chi connectivity index (χ1v) is 6.79. The summed E-state index contributed by atoms with van der Waals surface area (Å²) in [5, 5.41) is 4.12. The number of carbonyl (C=O) groups excluding carboxylic acids is 1. The molecule has 0 aliphatic heterocycles. The molecule has 0 bridgehead atoms. The summed E-state index contributed by atoms with van der Waals surface area (Å²) in [6.07, 6.45) is 3.78. The van der Waals surface area contributed by atoms with Gasteiger partial charge in [-0.25, -0.2) is 0 Å². The van der Waals surface area contributed by atoms with E-state index in [9.17, 15) is 4.79 Å². The molecule has 0 amide bonds. The molecule has 0 unspecified atom stereocenters. The zero-order valence-corrected chi connectivity index (χ0v) is 12.6. The number of halogens is 1. The summed E-state index contributed by atoms with van der Waals surface area (Å²) in [6.45, 7) is 1.12. The fourth-order valence-electron chi connectivity index (χ4n) is 1.89. The Kier molecular flexibility index (Phi) is 4.50. The van der Waals surface area contributed by atoms with Crippen molar-refractivity contribution in [2.45, 2.75) is 6.54 Å². The molecule has 0 N–H and O–H groups in total. The normalized spacial score (nSPS) is 10.9. The first kappa shape index (κ1) is 14.0. The van der Waals surface area contributed by atoms with E-state index in [1.54, 1.807) is 4.68 Å². The van der Waals surface area contributed by atoms with Crippen LogP contribution in [0.3, 0.4) is 0 Å². The molecule has 2 rings (SSSR count). The SMILES string of the molecule is CN(CC(=O)c1ccc(Br)cc1)Cc1cnn(C)c1. The number of likely N-dealkylation sites (N-methyl/N-ethyl adjacent to an activating group) is 1. The number of carbonyl (C=O) groups is 1. The van der Waals surface area contributed by atoms with E-state index in [2.05, 4.69) is 21.0 Å². The molecule has 1 heterocycles. The molecule has 0 fully saturated rings. The van der Waals surface area contributed by atoms with E-state index in [1.807, 2.05) is 55.7 Å². The van der Waals surface area contributed by atoms with Crippen molar-refractivity contribution >= 4 is 21.7 Å². The molecule has 5 heteroatoms. The minimum atomic E-state index is 0.124. The molecule has 0 aliphatic rings. The second-order valence-electron chi connectivity index (χ2n) is 4.62. The number of hydrogen-bond acceptors (Lipinski definition) is 3. The van der Waals surface area contributed by atoms with Crippen LogP contribution < -0.4 is 0 Å². The van der Waals surface area contributed by atoms with Gasteiger partial charge in [-0.1, -0.05) is 28.1 Å². The smallest absolute Gasteiger partial charge is 0.176 e. The minimum Gasteiger partial charge on any atom is -0.294 e. The van der Waals surface area contributed by atoms with E-state index >= 15 is 0 Å². The molecule has 0 saturated carbocycles. The number of rotatable bonds is 5. The summed E-state index contributed by atoms with van der Waals surface area (Å²) < 4.78 is 2.74. The third kappa shape index (κ3) is 4.01. The molecule has 4 nitrogen and oxygen atoms in total. The molecule has 19 heavy (non-hydrogen) atoms. The van der Waals surface area contributed by atoms with E-state index in [4.69, 9.17) is 0 Å². The van der Waals surface area contributed by atoms with E-state index < -0.39 is 0 Å². The highest BCUT2D eigenvalue weighted by Gasteiger charge is 2.10. The van der Waals surface area contributed by atoms with Gasteiger partial charge in [-0.2, -0.15) is 5.10 Å². The van der Waals surface area contributed by atoms with E-state index in [0.717, 1.165) is 22.1 Å². The van der Waals surface area contributed by atoms with Crippen LogP contribution in [0.1, 0.15) is 15.9 Å². The monoisotopic (exact) mass is 321 g/mol. The lowest BCUT2D eigenvalue weighted by atomic mass is 10.1. The van der Waals surface area contributed by atoms with Crippen LogP contribution in [0, 0.1) is 0 Å². The van der Waals surface area contributed by atoms with Gasteiger partial charge in [0.15, 0.2) is 5.78 Å². The number of aromatic nitrogens is 2. The maximum atomic E-state index is 12.1. The van der Waals surface area contributed by atoms with Gasteiger partial charge in [0.2, 0.25) is 0 Å². The van der Waals surface area contributed by atoms with Crippen LogP contribution in [-0.2, 0) is 13.6 Å². The van der Waals surface area contributed by atoms with Crippen molar-refractivity contribution in [3.05, 3.63) is 52.3 Å². The second kappa shape index (κ2) is 6.12. The predicted octanol–water partition coefficient (Wildman–Crippen LogP) is 2.50. The Morgan fingerprint density at radius 2 is 2.05 bits per heavy atom. The van der Waals surface area contributed by atoms with Crippen molar-refractivity contribution in [2.75, 3.05) is 13.6 Å². The summed E-state index contributed by atoms with van der Waals surface area (Å²) in [4.78, 5) is 14.1. The van der Waals surface area contributed by atoms with Gasteiger partial charge in [-0.15, -0.1) is 0 Å². The highest BCUT2D eigenvalue weighted by atomic mass is 79.9. The minimum absolute atomic E-state index is 0.124. The maximum absolute atomic E-state index is 12.1. The number of benzene rings is 1. The summed E-state index contributed by atoms with van der Waals surface area (Å²) in [5.74, 6) is 0.124. The van der Waals surface area contributed by atoms with Crippen LogP contribution in [0.25, 0.3) is 0 Å². The second-order valence-corrected chi connectivity index (χ2v) is 5.54. The lowest BCUT2D eigenvalue weighted by Crippen LogP contribution is -2.25. The van der Waals surface area contributed by atoms with E-state index in [1.165, 1.54) is 0 Å². The highest BCUT2D eigenvalue weighted by molar-refractivity contribution is 9.10. The van der Waals surface area contributed by atoms with Gasteiger partial charge in [0.05, 0.1) is 12.7 Å². The van der Waals surface area contributed by atoms with Crippen LogP contribution >= 0.6 is 15.9 Å². The molecule has 2 aromatic rings. The van der Waals surface area contributed by atoms with Gasteiger partial charge in [0.1, 0.15) is 0 Å². The lowest BCUT2D eigenvalue weighted by molar-refractivity contribution is 0.0943. The van der Waals surface area contributed by atoms with Crippen LogP contribution in [0.15, 0.2) is 41.1 Å². The lowest BCUT2D eigenvalue weighted by Gasteiger charge is -2.14. The third-order valence-electron chi connectivity index (χ3n) is 2.79. The molecule has 1 aromatic carbocycles. The Labute approximate surface area is 121 Å². The van der Waals surface area contributed by atoms with Crippen LogP contribution in [-0.4, -0.2) is 34.1 Å². The zero-order chi connectivity index (χ0) is 13.8. The Morgan fingerprint density at radius 3 is 2.63 bits per heavy atom. The fraction of sp³-hybridized carbons (Fsp3) is 0.286. The Morgan fingerprint density at radius 1 is 1.37 bits per heavy atom. The largest absolute Gasteiger partial charge is 0.294 e. The summed E-state index contributed by atoms with van der Waals surface area (Å²) in [7, 11) is 3.82. The number of hydrogen-bond donors (Lipinski definition) is 0. The Balaban J connectivity index is 1.93. The number of Topliss-reactive ketones (excluding diaryl/α,β-unsaturated/α-hetero) is 1. The standard InChI is InChI=1S/C14H16BrN3O/c1-17(8-11-7-16-18(2)9-11)10-14(19)12-3-5-13(15)6-4-12/h3-7,9H,8,10H2,1-2H3. The summed E-state index contributed by atoms with van der Waals surface area (Å²) >= 11 is 3.36. The average Bonchev–Trinajstić information content (AvgIpc) is 2.75. The van der Waals surface area contributed by atoms with E-state index in [-0.39, 0.29) is 5.78 Å². The molecule has 1 aromatic heterocycles. The third-order valence-corrected chi connectivity index (χ3v) is 3.32. The van der Waals surface area contributed by atoms with Crippen molar-refractivity contribution in [1.29, 1.82) is 0 Å². The van der Waals surface area contributed by atoms with Gasteiger partial charge in [0.25, 0.3) is 0 Å². The molecule has 0 spiro atoms. The van der Waals surface area contributed by atoms with Crippen molar-refractivity contribution in [2.24, 2.45) is 7.05 Å². The molecular weight excluding hydrogens is 306 g/mol. The Bertz CT molecular complexity index is 562.